The first kappa shape index (κ1) is 36.8. The Kier molecular flexibility index (Phi) is 8.58. The zero-order valence-electron chi connectivity index (χ0n) is 34.4. The summed E-state index contributed by atoms with van der Waals surface area (Å²) in [4.78, 5) is 15.5. The van der Waals surface area contributed by atoms with Gasteiger partial charge in [0.15, 0.2) is 5.82 Å². The predicted octanol–water partition coefficient (Wildman–Crippen LogP) is 16.9. The molecule has 0 radical (unpaired) electrons. The van der Waals surface area contributed by atoms with Crippen molar-refractivity contribution in [1.29, 1.82) is 0 Å². The van der Waals surface area contributed by atoms with Crippen LogP contribution in [-0.2, 0) is 0 Å². The third-order valence-corrected chi connectivity index (χ3v) is 14.8. The summed E-state index contributed by atoms with van der Waals surface area (Å²) in [6, 6.07) is 76.0. The van der Waals surface area contributed by atoms with Crippen LogP contribution in [0.5, 0.6) is 0 Å². The van der Waals surface area contributed by atoms with Crippen molar-refractivity contribution in [3.63, 3.8) is 0 Å². The third-order valence-electron chi connectivity index (χ3n) is 12.5. The molecule has 0 spiro atoms. The van der Waals surface area contributed by atoms with Crippen molar-refractivity contribution < 1.29 is 0 Å². The van der Waals surface area contributed by atoms with E-state index in [4.69, 9.17) is 15.0 Å². The van der Waals surface area contributed by atoms with Gasteiger partial charge in [-0.2, -0.15) is 0 Å². The van der Waals surface area contributed by atoms with E-state index in [1.807, 2.05) is 46.9 Å². The molecule has 0 amide bonds. The van der Waals surface area contributed by atoms with Crippen LogP contribution >= 0.6 is 22.7 Å². The summed E-state index contributed by atoms with van der Waals surface area (Å²) < 4.78 is 5.14. The molecule has 4 heterocycles. The third kappa shape index (κ3) is 6.12. The minimum atomic E-state index is 0.714. The Morgan fingerprint density at radius 1 is 0.297 bits per heavy atom. The van der Waals surface area contributed by atoms with Gasteiger partial charge in [-0.05, 0) is 70.8 Å². The first-order chi connectivity index (χ1) is 31.7. The maximum Gasteiger partial charge on any atom is 0.160 e. The lowest BCUT2D eigenvalue weighted by atomic mass is 9.94. The largest absolute Gasteiger partial charge is 0.247 e. The van der Waals surface area contributed by atoms with Crippen LogP contribution < -0.4 is 0 Å². The van der Waals surface area contributed by atoms with E-state index in [1.54, 1.807) is 0 Å². The zero-order chi connectivity index (χ0) is 42.1. The maximum absolute atomic E-state index is 5.36. The van der Waals surface area contributed by atoms with Crippen molar-refractivity contribution in [3.8, 4) is 67.4 Å². The second-order valence-electron chi connectivity index (χ2n) is 16.3. The number of hydrogen-bond donors (Lipinski definition) is 0. The Hall–Kier alpha value is -7.83. The van der Waals surface area contributed by atoms with Gasteiger partial charge < -0.3 is 0 Å². The van der Waals surface area contributed by atoms with E-state index >= 15 is 0 Å². The fourth-order valence-electron chi connectivity index (χ4n) is 9.42. The molecule has 0 aliphatic heterocycles. The second-order valence-corrected chi connectivity index (χ2v) is 18.4. The summed E-state index contributed by atoms with van der Waals surface area (Å²) in [7, 11) is 0. The van der Waals surface area contributed by atoms with Gasteiger partial charge >= 0.3 is 0 Å². The summed E-state index contributed by atoms with van der Waals surface area (Å²) in [6.45, 7) is 0. The smallest absolute Gasteiger partial charge is 0.160 e. The van der Waals surface area contributed by atoms with Gasteiger partial charge in [-0.3, -0.25) is 0 Å². The summed E-state index contributed by atoms with van der Waals surface area (Å²) in [5.41, 5.74) is 12.8. The SMILES string of the molecule is c1ccc(-c2cc(-c3cccc(-c4cccc5c4sc4ccc(-c6ccc7nc(-c8ccccc8)c8ccc9sc%10ccccc%10c9c8c7c6)cc45)c3)nc(-c3ccccc3)n2)cc1. The van der Waals surface area contributed by atoms with E-state index in [2.05, 4.69) is 188 Å². The van der Waals surface area contributed by atoms with E-state index < -0.39 is 0 Å². The molecule has 13 rings (SSSR count). The van der Waals surface area contributed by atoms with Crippen molar-refractivity contribution in [2.75, 3.05) is 0 Å². The number of fused-ring (bicyclic) bond motifs is 10. The van der Waals surface area contributed by atoms with E-state index in [0.717, 1.165) is 50.4 Å². The van der Waals surface area contributed by atoms with Crippen molar-refractivity contribution >= 4 is 84.7 Å². The Morgan fingerprint density at radius 3 is 1.72 bits per heavy atom. The van der Waals surface area contributed by atoms with E-state index in [1.165, 1.54) is 73.2 Å². The fraction of sp³-hybridized carbons (Fsp3) is 0. The number of nitrogens with zero attached hydrogens (tertiary/aromatic N) is 3. The molecule has 0 aliphatic carbocycles. The van der Waals surface area contributed by atoms with Crippen molar-refractivity contribution in [2.45, 2.75) is 0 Å². The number of thiophene rings is 2. The van der Waals surface area contributed by atoms with Crippen LogP contribution in [0.15, 0.2) is 212 Å². The molecule has 0 aliphatic rings. The molecule has 9 aromatic carbocycles. The van der Waals surface area contributed by atoms with Crippen LogP contribution in [0.4, 0.5) is 0 Å². The van der Waals surface area contributed by atoms with Crippen LogP contribution in [0.3, 0.4) is 0 Å². The summed E-state index contributed by atoms with van der Waals surface area (Å²) in [6.07, 6.45) is 0. The summed E-state index contributed by atoms with van der Waals surface area (Å²) >= 11 is 3.73. The average molecular weight is 850 g/mol. The molecule has 0 fully saturated rings. The van der Waals surface area contributed by atoms with Crippen molar-refractivity contribution in [3.05, 3.63) is 212 Å². The molecule has 0 N–H and O–H groups in total. The predicted molar refractivity (Wildman–Crippen MR) is 273 cm³/mol. The second kappa shape index (κ2) is 14.9. The number of pyridine rings is 1. The Bertz CT molecular complexity index is 3890. The number of benzene rings is 9. The van der Waals surface area contributed by atoms with Gasteiger partial charge in [0, 0.05) is 78.8 Å². The molecular weight excluding hydrogens is 815 g/mol. The number of rotatable bonds is 6. The molecule has 5 heteroatoms. The normalized spacial score (nSPS) is 11.8. The lowest BCUT2D eigenvalue weighted by Crippen LogP contribution is -1.96. The number of aromatic nitrogens is 3. The van der Waals surface area contributed by atoms with Gasteiger partial charge in [0.05, 0.1) is 22.6 Å². The molecular formula is C59H35N3S2. The van der Waals surface area contributed by atoms with Gasteiger partial charge in [0.1, 0.15) is 0 Å². The van der Waals surface area contributed by atoms with Crippen LogP contribution in [-0.4, -0.2) is 15.0 Å². The Balaban J connectivity index is 0.940. The molecule has 0 atom stereocenters. The standard InChI is InChI=1S/C59H35N3S2/c1-4-14-36(15-5-1)50-35-51(62-59(61-50)38-18-8-3-9-19-38)42-21-12-20-41(32-42)43-23-13-24-44-47-33-40(27-30-53(47)64-58(43)44)39-26-29-49-48(34-39)55-46(57(60-49)37-16-6-2-7-17-37)28-31-54-56(55)45-22-10-11-25-52(45)63-54/h1-35H. The monoisotopic (exact) mass is 849 g/mol. The highest BCUT2D eigenvalue weighted by molar-refractivity contribution is 7.26. The Labute approximate surface area is 377 Å². The average Bonchev–Trinajstić information content (AvgIpc) is 3.95. The topological polar surface area (TPSA) is 38.7 Å². The fourth-order valence-corrected chi connectivity index (χ4v) is 11.8. The number of hydrogen-bond acceptors (Lipinski definition) is 5. The summed E-state index contributed by atoms with van der Waals surface area (Å²) in [5.74, 6) is 0.714. The lowest BCUT2D eigenvalue weighted by Gasteiger charge is -2.13. The quantitative estimate of drug-likeness (QED) is 0.156. The maximum atomic E-state index is 5.36. The molecule has 3 nitrogen and oxygen atoms in total. The van der Waals surface area contributed by atoms with Crippen LogP contribution in [0, 0.1) is 0 Å². The minimum Gasteiger partial charge on any atom is -0.247 e. The molecule has 0 bridgehead atoms. The van der Waals surface area contributed by atoms with E-state index in [-0.39, 0.29) is 0 Å². The molecule has 0 unspecified atom stereocenters. The van der Waals surface area contributed by atoms with Gasteiger partial charge in [0.25, 0.3) is 0 Å². The van der Waals surface area contributed by atoms with E-state index in [0.29, 0.717) is 5.82 Å². The summed E-state index contributed by atoms with van der Waals surface area (Å²) in [5, 5.41) is 8.75. The van der Waals surface area contributed by atoms with Gasteiger partial charge in [0.2, 0.25) is 0 Å². The first-order valence-electron chi connectivity index (χ1n) is 21.5. The zero-order valence-corrected chi connectivity index (χ0v) is 36.0. The van der Waals surface area contributed by atoms with Crippen LogP contribution in [0.25, 0.3) is 129 Å². The van der Waals surface area contributed by atoms with Crippen molar-refractivity contribution in [1.82, 2.24) is 15.0 Å². The van der Waals surface area contributed by atoms with Crippen molar-refractivity contribution in [2.24, 2.45) is 0 Å². The minimum absolute atomic E-state index is 0.714. The first-order valence-corrected chi connectivity index (χ1v) is 23.1. The van der Waals surface area contributed by atoms with Crippen LogP contribution in [0.1, 0.15) is 0 Å². The van der Waals surface area contributed by atoms with Gasteiger partial charge in [-0.15, -0.1) is 22.7 Å². The van der Waals surface area contributed by atoms with Gasteiger partial charge in [-0.1, -0.05) is 164 Å². The molecule has 13 aromatic rings. The van der Waals surface area contributed by atoms with Gasteiger partial charge in [-0.25, -0.2) is 15.0 Å². The highest BCUT2D eigenvalue weighted by atomic mass is 32.1. The lowest BCUT2D eigenvalue weighted by molar-refractivity contribution is 1.18. The molecule has 0 saturated carbocycles. The molecule has 0 saturated heterocycles. The molecule has 64 heavy (non-hydrogen) atoms. The molecule has 298 valence electrons. The van der Waals surface area contributed by atoms with E-state index in [9.17, 15) is 0 Å². The molecule has 4 aromatic heterocycles. The Morgan fingerprint density at radius 2 is 0.906 bits per heavy atom. The van der Waals surface area contributed by atoms with Crippen LogP contribution in [0.2, 0.25) is 0 Å². The highest BCUT2D eigenvalue weighted by Crippen LogP contribution is 2.46. The highest BCUT2D eigenvalue weighted by Gasteiger charge is 2.19.